The van der Waals surface area contributed by atoms with Gasteiger partial charge in [-0.05, 0) is 12.1 Å². The number of ketones is 1. The van der Waals surface area contributed by atoms with Crippen LogP contribution in [0.4, 0.5) is 0 Å². The van der Waals surface area contributed by atoms with E-state index in [1.54, 1.807) is 18.2 Å². The Morgan fingerprint density at radius 2 is 1.88 bits per heavy atom. The Bertz CT molecular complexity index is 479. The standard InChI is InChI=1S/C10H7Cl2NO3/c11-4-2-1-3-5(12)6(4)9-7(14)8(15)10(13)16-9/h1-3,9,15H,13H2/t9-/m0/s1. The number of carbonyl (C=O) groups excluding carboxylic acids is 1. The maximum atomic E-state index is 11.6. The molecule has 0 spiro atoms. The topological polar surface area (TPSA) is 72.5 Å². The lowest BCUT2D eigenvalue weighted by Crippen LogP contribution is -2.11. The summed E-state index contributed by atoms with van der Waals surface area (Å²) in [5, 5.41) is 9.84. The first-order valence-electron chi connectivity index (χ1n) is 4.36. The molecule has 3 N–H and O–H groups in total. The highest BCUT2D eigenvalue weighted by Crippen LogP contribution is 2.37. The second kappa shape index (κ2) is 3.88. The predicted octanol–water partition coefficient (Wildman–Crippen LogP) is 2.32. The van der Waals surface area contributed by atoms with Gasteiger partial charge in [-0.3, -0.25) is 4.79 Å². The number of Topliss-reactive ketones (excluding diaryl/α,β-unsaturated/α-hetero) is 1. The predicted molar refractivity (Wildman–Crippen MR) is 59.1 cm³/mol. The average Bonchev–Trinajstić information content (AvgIpc) is 2.47. The van der Waals surface area contributed by atoms with Gasteiger partial charge >= 0.3 is 0 Å². The van der Waals surface area contributed by atoms with Crippen molar-refractivity contribution >= 4 is 29.0 Å². The van der Waals surface area contributed by atoms with Gasteiger partial charge in [0.1, 0.15) is 0 Å². The van der Waals surface area contributed by atoms with Crippen molar-refractivity contribution in [1.29, 1.82) is 0 Å². The van der Waals surface area contributed by atoms with Crippen LogP contribution >= 0.6 is 23.2 Å². The number of ether oxygens (including phenoxy) is 1. The van der Waals surface area contributed by atoms with E-state index in [0.717, 1.165) is 0 Å². The van der Waals surface area contributed by atoms with Gasteiger partial charge in [0.2, 0.25) is 17.4 Å². The summed E-state index contributed by atoms with van der Waals surface area (Å²) in [5.41, 5.74) is 5.61. The zero-order chi connectivity index (χ0) is 11.9. The number of carbonyl (C=O) groups is 1. The van der Waals surface area contributed by atoms with Crippen LogP contribution < -0.4 is 5.73 Å². The number of rotatable bonds is 1. The highest BCUT2D eigenvalue weighted by molar-refractivity contribution is 6.36. The molecule has 0 saturated heterocycles. The third-order valence-corrected chi connectivity index (χ3v) is 2.87. The van der Waals surface area contributed by atoms with Gasteiger partial charge in [-0.1, -0.05) is 29.3 Å². The van der Waals surface area contributed by atoms with Crippen LogP contribution in [0.5, 0.6) is 0 Å². The quantitative estimate of drug-likeness (QED) is 0.812. The molecule has 1 aliphatic rings. The maximum Gasteiger partial charge on any atom is 0.247 e. The molecular formula is C10H7Cl2NO3. The highest BCUT2D eigenvalue weighted by atomic mass is 35.5. The van der Waals surface area contributed by atoms with Gasteiger partial charge in [0.05, 0.1) is 0 Å². The molecule has 2 rings (SSSR count). The zero-order valence-electron chi connectivity index (χ0n) is 7.91. The third kappa shape index (κ3) is 1.60. The Balaban J connectivity index is 2.46. The SMILES string of the molecule is NC1=C(O)C(=O)[C@H](c2c(Cl)cccc2Cl)O1. The molecular weight excluding hydrogens is 253 g/mol. The summed E-state index contributed by atoms with van der Waals surface area (Å²) in [6, 6.07) is 4.79. The van der Waals surface area contributed by atoms with Crippen LogP contribution in [0.2, 0.25) is 10.0 Å². The fourth-order valence-corrected chi connectivity index (χ4v) is 2.03. The number of hydrogen-bond donors (Lipinski definition) is 2. The van der Waals surface area contributed by atoms with Gasteiger partial charge in [0.25, 0.3) is 0 Å². The molecule has 0 amide bonds. The van der Waals surface area contributed by atoms with E-state index in [2.05, 4.69) is 0 Å². The molecule has 6 heteroatoms. The first-order chi connectivity index (χ1) is 7.52. The average molecular weight is 260 g/mol. The van der Waals surface area contributed by atoms with Crippen molar-refractivity contribution in [3.05, 3.63) is 45.5 Å². The monoisotopic (exact) mass is 259 g/mol. The van der Waals surface area contributed by atoms with E-state index in [1.807, 2.05) is 0 Å². The lowest BCUT2D eigenvalue weighted by atomic mass is 10.1. The first kappa shape index (κ1) is 11.1. The second-order valence-electron chi connectivity index (χ2n) is 3.21. The van der Waals surface area contributed by atoms with E-state index in [1.165, 1.54) is 0 Å². The summed E-state index contributed by atoms with van der Waals surface area (Å²) in [5.74, 6) is -1.56. The third-order valence-electron chi connectivity index (χ3n) is 2.21. The minimum Gasteiger partial charge on any atom is -0.501 e. The summed E-state index contributed by atoms with van der Waals surface area (Å²) >= 11 is 11.8. The summed E-state index contributed by atoms with van der Waals surface area (Å²) < 4.78 is 5.02. The number of hydrogen-bond acceptors (Lipinski definition) is 4. The number of aliphatic hydroxyl groups is 1. The van der Waals surface area contributed by atoms with Crippen molar-refractivity contribution in [3.8, 4) is 0 Å². The Kier molecular flexibility index (Phi) is 2.69. The molecule has 0 fully saturated rings. The molecule has 0 aromatic heterocycles. The lowest BCUT2D eigenvalue weighted by molar-refractivity contribution is -0.123. The van der Waals surface area contributed by atoms with E-state index < -0.39 is 17.6 Å². The van der Waals surface area contributed by atoms with Crippen LogP contribution in [-0.4, -0.2) is 10.9 Å². The summed E-state index contributed by atoms with van der Waals surface area (Å²) in [4.78, 5) is 11.6. The van der Waals surface area contributed by atoms with E-state index >= 15 is 0 Å². The van der Waals surface area contributed by atoms with Crippen molar-refractivity contribution in [3.63, 3.8) is 0 Å². The number of nitrogens with two attached hydrogens (primary N) is 1. The fraction of sp³-hybridized carbons (Fsp3) is 0.100. The van der Waals surface area contributed by atoms with E-state index in [9.17, 15) is 9.90 Å². The molecule has 1 aromatic rings. The Morgan fingerprint density at radius 1 is 1.31 bits per heavy atom. The summed E-state index contributed by atoms with van der Waals surface area (Å²) in [6.07, 6.45) is -1.07. The van der Waals surface area contributed by atoms with E-state index in [0.29, 0.717) is 5.56 Å². The van der Waals surface area contributed by atoms with Gasteiger partial charge < -0.3 is 15.6 Å². The van der Waals surface area contributed by atoms with Crippen molar-refractivity contribution < 1.29 is 14.6 Å². The van der Waals surface area contributed by atoms with Crippen LogP contribution in [0.1, 0.15) is 11.7 Å². The van der Waals surface area contributed by atoms with E-state index in [-0.39, 0.29) is 15.9 Å². The van der Waals surface area contributed by atoms with E-state index in [4.69, 9.17) is 33.7 Å². The van der Waals surface area contributed by atoms with Crippen molar-refractivity contribution in [2.45, 2.75) is 6.10 Å². The van der Waals surface area contributed by atoms with Gasteiger partial charge in [-0.25, -0.2) is 0 Å². The van der Waals surface area contributed by atoms with Crippen LogP contribution in [-0.2, 0) is 9.53 Å². The molecule has 84 valence electrons. The summed E-state index contributed by atoms with van der Waals surface area (Å²) in [7, 11) is 0. The smallest absolute Gasteiger partial charge is 0.247 e. The van der Waals surface area contributed by atoms with Gasteiger partial charge in [0, 0.05) is 15.6 Å². The van der Waals surface area contributed by atoms with Gasteiger partial charge in [-0.15, -0.1) is 0 Å². The van der Waals surface area contributed by atoms with Crippen LogP contribution in [0, 0.1) is 0 Å². The number of halogens is 2. The largest absolute Gasteiger partial charge is 0.501 e. The molecule has 0 aliphatic carbocycles. The van der Waals surface area contributed by atoms with Gasteiger partial charge in [0.15, 0.2) is 6.10 Å². The maximum absolute atomic E-state index is 11.6. The van der Waals surface area contributed by atoms with Crippen molar-refractivity contribution in [2.75, 3.05) is 0 Å². The van der Waals surface area contributed by atoms with Crippen LogP contribution in [0.15, 0.2) is 29.8 Å². The molecule has 0 saturated carbocycles. The molecule has 16 heavy (non-hydrogen) atoms. The minimum absolute atomic E-state index is 0.286. The van der Waals surface area contributed by atoms with Crippen LogP contribution in [0.3, 0.4) is 0 Å². The number of benzene rings is 1. The Hall–Kier alpha value is -1.39. The molecule has 1 aromatic carbocycles. The molecule has 1 heterocycles. The van der Waals surface area contributed by atoms with Gasteiger partial charge in [-0.2, -0.15) is 0 Å². The zero-order valence-corrected chi connectivity index (χ0v) is 9.42. The minimum atomic E-state index is -1.07. The molecule has 1 aliphatic heterocycles. The molecule has 4 nitrogen and oxygen atoms in total. The molecule has 0 unspecified atom stereocenters. The second-order valence-corrected chi connectivity index (χ2v) is 4.02. The fourth-order valence-electron chi connectivity index (χ4n) is 1.43. The Morgan fingerprint density at radius 3 is 2.31 bits per heavy atom. The Labute approximate surface area is 101 Å². The lowest BCUT2D eigenvalue weighted by Gasteiger charge is -2.13. The van der Waals surface area contributed by atoms with Crippen molar-refractivity contribution in [2.24, 2.45) is 5.73 Å². The summed E-state index contributed by atoms with van der Waals surface area (Å²) in [6.45, 7) is 0. The molecule has 0 radical (unpaired) electrons. The molecule has 1 atom stereocenters. The molecule has 0 bridgehead atoms. The van der Waals surface area contributed by atoms with Crippen molar-refractivity contribution in [1.82, 2.24) is 0 Å². The normalized spacial score (nSPS) is 20.1. The van der Waals surface area contributed by atoms with Crippen LogP contribution in [0.25, 0.3) is 0 Å². The number of aliphatic hydroxyl groups excluding tert-OH is 1. The highest BCUT2D eigenvalue weighted by Gasteiger charge is 2.37. The first-order valence-corrected chi connectivity index (χ1v) is 5.11.